The third-order valence-electron chi connectivity index (χ3n) is 3.33. The number of aryl methyl sites for hydroxylation is 2. The van der Waals surface area contributed by atoms with Gasteiger partial charge in [-0.15, -0.1) is 0 Å². The Morgan fingerprint density at radius 3 is 2.41 bits per heavy atom. The van der Waals surface area contributed by atoms with Crippen molar-refractivity contribution in [2.24, 2.45) is 5.92 Å². The summed E-state index contributed by atoms with van der Waals surface area (Å²) in [6.07, 6.45) is 4.64. The van der Waals surface area contributed by atoms with Crippen LogP contribution in [0.25, 0.3) is 0 Å². The number of hydrogen-bond acceptors (Lipinski definition) is 1. The number of carbonyl (C=O) groups is 1. The Hall–Kier alpha value is -1.18. The van der Waals surface area contributed by atoms with E-state index >= 15 is 0 Å². The molecular weight excluding hydrogens is 215 g/mol. The van der Waals surface area contributed by atoms with E-state index in [4.69, 9.17) is 0 Å². The highest BCUT2D eigenvalue weighted by Gasteiger charge is 2.18. The summed E-state index contributed by atoms with van der Waals surface area (Å²) in [4.78, 5) is 11.9. The van der Waals surface area contributed by atoms with Crippen molar-refractivity contribution in [2.45, 2.75) is 46.0 Å². The van der Waals surface area contributed by atoms with Crippen molar-refractivity contribution in [3.63, 3.8) is 0 Å². The molecule has 1 aliphatic rings. The summed E-state index contributed by atoms with van der Waals surface area (Å²) < 4.78 is 13.9. The number of benzene rings is 1. The van der Waals surface area contributed by atoms with Crippen LogP contribution >= 0.6 is 0 Å². The summed E-state index contributed by atoms with van der Waals surface area (Å²) in [5.41, 5.74) is 2.55. The van der Waals surface area contributed by atoms with Gasteiger partial charge in [-0.3, -0.25) is 4.79 Å². The van der Waals surface area contributed by atoms with Crippen LogP contribution in [0.1, 0.15) is 54.6 Å². The fourth-order valence-corrected chi connectivity index (χ4v) is 2.45. The summed E-state index contributed by atoms with van der Waals surface area (Å²) in [6.45, 7) is 3.96. The smallest absolute Gasteiger partial charge is 0.166 e. The molecule has 92 valence electrons. The standard InChI is InChI=1S/C15H19FO/c1-10(2)7-15(17)13-8-11-5-3-4-6-12(11)9-14(13)16/h8-10H,3-7H2,1-2H3. The van der Waals surface area contributed by atoms with Gasteiger partial charge in [-0.2, -0.15) is 0 Å². The third-order valence-corrected chi connectivity index (χ3v) is 3.33. The normalized spacial score (nSPS) is 14.8. The molecule has 0 saturated carbocycles. The molecule has 0 spiro atoms. The quantitative estimate of drug-likeness (QED) is 0.724. The minimum absolute atomic E-state index is 0.0640. The highest BCUT2D eigenvalue weighted by Crippen LogP contribution is 2.25. The maximum Gasteiger partial charge on any atom is 0.166 e. The van der Waals surface area contributed by atoms with E-state index in [1.165, 1.54) is 5.56 Å². The van der Waals surface area contributed by atoms with Crippen LogP contribution in [-0.4, -0.2) is 5.78 Å². The zero-order valence-electron chi connectivity index (χ0n) is 10.6. The first-order chi connectivity index (χ1) is 8.08. The maximum absolute atomic E-state index is 13.9. The van der Waals surface area contributed by atoms with E-state index in [0.717, 1.165) is 31.2 Å². The number of halogens is 1. The van der Waals surface area contributed by atoms with Crippen molar-refractivity contribution in [1.29, 1.82) is 0 Å². The summed E-state index contributed by atoms with van der Waals surface area (Å²) in [5.74, 6) is -0.125. The zero-order chi connectivity index (χ0) is 12.4. The number of rotatable bonds is 3. The average Bonchev–Trinajstić information content (AvgIpc) is 2.27. The Bertz CT molecular complexity index is 435. The largest absolute Gasteiger partial charge is 0.294 e. The van der Waals surface area contributed by atoms with E-state index in [1.807, 2.05) is 13.8 Å². The number of carbonyl (C=O) groups excluding carboxylic acids is 1. The van der Waals surface area contributed by atoms with Gasteiger partial charge in [0.05, 0.1) is 5.56 Å². The van der Waals surface area contributed by atoms with Gasteiger partial charge in [0.15, 0.2) is 5.78 Å². The SMILES string of the molecule is CC(C)CC(=O)c1cc2c(cc1F)CCCC2. The van der Waals surface area contributed by atoms with Gasteiger partial charge in [0, 0.05) is 6.42 Å². The molecule has 0 saturated heterocycles. The maximum atomic E-state index is 13.9. The van der Waals surface area contributed by atoms with Crippen LogP contribution in [0.2, 0.25) is 0 Å². The van der Waals surface area contributed by atoms with Gasteiger partial charge in [-0.25, -0.2) is 4.39 Å². The Labute approximate surface area is 102 Å². The van der Waals surface area contributed by atoms with E-state index < -0.39 is 0 Å². The topological polar surface area (TPSA) is 17.1 Å². The minimum Gasteiger partial charge on any atom is -0.294 e. The lowest BCUT2D eigenvalue weighted by Crippen LogP contribution is -2.10. The second-order valence-corrected chi connectivity index (χ2v) is 5.33. The summed E-state index contributed by atoms with van der Waals surface area (Å²) >= 11 is 0. The molecule has 1 aliphatic carbocycles. The molecule has 0 unspecified atom stereocenters. The highest BCUT2D eigenvalue weighted by atomic mass is 19.1. The lowest BCUT2D eigenvalue weighted by Gasteiger charge is -2.17. The van der Waals surface area contributed by atoms with E-state index in [0.29, 0.717) is 12.0 Å². The van der Waals surface area contributed by atoms with E-state index in [2.05, 4.69) is 0 Å². The minimum atomic E-state index is -0.337. The van der Waals surface area contributed by atoms with E-state index in [9.17, 15) is 9.18 Å². The van der Waals surface area contributed by atoms with Crippen molar-refractivity contribution in [2.75, 3.05) is 0 Å². The number of hydrogen-bond donors (Lipinski definition) is 0. The molecule has 0 N–H and O–H groups in total. The van der Waals surface area contributed by atoms with Crippen LogP contribution in [0.15, 0.2) is 12.1 Å². The molecule has 0 fully saturated rings. The summed E-state index contributed by atoms with van der Waals surface area (Å²) in [7, 11) is 0. The fourth-order valence-electron chi connectivity index (χ4n) is 2.45. The molecular formula is C15H19FO. The van der Waals surface area contributed by atoms with Crippen LogP contribution < -0.4 is 0 Å². The van der Waals surface area contributed by atoms with Gasteiger partial charge in [-0.1, -0.05) is 13.8 Å². The Kier molecular flexibility index (Phi) is 3.60. The van der Waals surface area contributed by atoms with Crippen molar-refractivity contribution < 1.29 is 9.18 Å². The molecule has 0 radical (unpaired) electrons. The Morgan fingerprint density at radius 2 is 1.82 bits per heavy atom. The van der Waals surface area contributed by atoms with Crippen LogP contribution in [0.4, 0.5) is 4.39 Å². The number of ketones is 1. The highest BCUT2D eigenvalue weighted by molar-refractivity contribution is 5.96. The van der Waals surface area contributed by atoms with Gasteiger partial charge in [-0.05, 0) is 54.9 Å². The van der Waals surface area contributed by atoms with Crippen molar-refractivity contribution in [3.8, 4) is 0 Å². The lowest BCUT2D eigenvalue weighted by atomic mass is 9.88. The van der Waals surface area contributed by atoms with E-state index in [-0.39, 0.29) is 17.5 Å². The first kappa shape index (κ1) is 12.3. The van der Waals surface area contributed by atoms with Crippen LogP contribution in [-0.2, 0) is 12.8 Å². The monoisotopic (exact) mass is 234 g/mol. The van der Waals surface area contributed by atoms with Gasteiger partial charge >= 0.3 is 0 Å². The Morgan fingerprint density at radius 1 is 1.24 bits per heavy atom. The third kappa shape index (κ3) is 2.74. The molecule has 17 heavy (non-hydrogen) atoms. The molecule has 1 aromatic carbocycles. The van der Waals surface area contributed by atoms with Gasteiger partial charge in [0.25, 0.3) is 0 Å². The number of fused-ring (bicyclic) bond motifs is 1. The van der Waals surface area contributed by atoms with Crippen LogP contribution in [0.3, 0.4) is 0 Å². The molecule has 0 bridgehead atoms. The fraction of sp³-hybridized carbons (Fsp3) is 0.533. The molecule has 1 nitrogen and oxygen atoms in total. The van der Waals surface area contributed by atoms with Crippen LogP contribution in [0, 0.1) is 11.7 Å². The molecule has 0 amide bonds. The van der Waals surface area contributed by atoms with Crippen molar-refractivity contribution in [1.82, 2.24) is 0 Å². The summed E-state index contributed by atoms with van der Waals surface area (Å²) in [6, 6.07) is 3.36. The second kappa shape index (κ2) is 4.99. The van der Waals surface area contributed by atoms with E-state index in [1.54, 1.807) is 12.1 Å². The van der Waals surface area contributed by atoms with Gasteiger partial charge in [0.2, 0.25) is 0 Å². The van der Waals surface area contributed by atoms with Crippen LogP contribution in [0.5, 0.6) is 0 Å². The molecule has 1 aromatic rings. The lowest BCUT2D eigenvalue weighted by molar-refractivity contribution is 0.0963. The predicted octanol–water partition coefficient (Wildman–Crippen LogP) is 3.93. The van der Waals surface area contributed by atoms with Gasteiger partial charge in [0.1, 0.15) is 5.82 Å². The van der Waals surface area contributed by atoms with Crippen molar-refractivity contribution >= 4 is 5.78 Å². The van der Waals surface area contributed by atoms with Gasteiger partial charge < -0.3 is 0 Å². The zero-order valence-corrected chi connectivity index (χ0v) is 10.6. The first-order valence-electron chi connectivity index (χ1n) is 6.42. The molecule has 0 atom stereocenters. The second-order valence-electron chi connectivity index (χ2n) is 5.33. The molecule has 0 aromatic heterocycles. The molecule has 2 heteroatoms. The first-order valence-corrected chi connectivity index (χ1v) is 6.42. The molecule has 2 rings (SSSR count). The molecule has 0 aliphatic heterocycles. The Balaban J connectivity index is 2.31. The molecule has 0 heterocycles. The van der Waals surface area contributed by atoms with Crippen molar-refractivity contribution in [3.05, 3.63) is 34.6 Å². The predicted molar refractivity (Wildman–Crippen MR) is 66.8 cm³/mol. The number of Topliss-reactive ketones (excluding diaryl/α,β-unsaturated/α-hetero) is 1. The summed E-state index contributed by atoms with van der Waals surface area (Å²) in [5, 5.41) is 0. The average molecular weight is 234 g/mol.